The van der Waals surface area contributed by atoms with Crippen LogP contribution in [0.3, 0.4) is 0 Å². The minimum Gasteiger partial charge on any atom is -0.505 e. The number of nitrogens with one attached hydrogen (secondary N) is 4. The summed E-state index contributed by atoms with van der Waals surface area (Å²) in [6, 6.07) is 12.6. The van der Waals surface area contributed by atoms with Crippen LogP contribution in [0.25, 0.3) is 0 Å². The molecule has 1 aromatic heterocycles. The van der Waals surface area contributed by atoms with E-state index in [2.05, 4.69) is 21.0 Å². The van der Waals surface area contributed by atoms with Gasteiger partial charge in [0.25, 0.3) is 17.0 Å². The maximum absolute atomic E-state index is 13.7. The minimum atomic E-state index is -0.839. The van der Waals surface area contributed by atoms with Crippen molar-refractivity contribution >= 4 is 28.9 Å². The molecule has 1 atom stereocenters. The summed E-state index contributed by atoms with van der Waals surface area (Å²) >= 11 is 0. The van der Waals surface area contributed by atoms with Crippen molar-refractivity contribution in [2.45, 2.75) is 46.3 Å². The van der Waals surface area contributed by atoms with Gasteiger partial charge in [-0.1, -0.05) is 50.2 Å². The Morgan fingerprint density at radius 1 is 0.974 bits per heavy atom. The second-order valence-electron chi connectivity index (χ2n) is 10.1. The molecule has 0 saturated heterocycles. The summed E-state index contributed by atoms with van der Waals surface area (Å²) in [6.45, 7) is 7.36. The highest BCUT2D eigenvalue weighted by atomic mass is 16.3. The first-order valence-electron chi connectivity index (χ1n) is 12.7. The van der Waals surface area contributed by atoms with E-state index < -0.39 is 23.1 Å². The predicted octanol–water partition coefficient (Wildman–Crippen LogP) is 2.70. The summed E-state index contributed by atoms with van der Waals surface area (Å²) in [5, 5.41) is 22.1. The van der Waals surface area contributed by atoms with Crippen molar-refractivity contribution in [3.63, 3.8) is 0 Å². The van der Waals surface area contributed by atoms with Gasteiger partial charge in [-0.05, 0) is 37.5 Å². The van der Waals surface area contributed by atoms with Crippen LogP contribution in [0.2, 0.25) is 0 Å². The number of carbonyl (C=O) groups excluding carboxylic acids is 2. The second-order valence-corrected chi connectivity index (χ2v) is 10.1. The first-order chi connectivity index (χ1) is 18.4. The largest absolute Gasteiger partial charge is 0.505 e. The molecular formula is C28H36N6O5. The van der Waals surface area contributed by atoms with Crippen molar-refractivity contribution in [2.24, 2.45) is 5.92 Å². The van der Waals surface area contributed by atoms with Crippen LogP contribution in [-0.4, -0.2) is 57.8 Å². The van der Waals surface area contributed by atoms with Gasteiger partial charge in [0.2, 0.25) is 5.91 Å². The maximum atomic E-state index is 13.7. The average Bonchev–Trinajstić information content (AvgIpc) is 2.87. The lowest BCUT2D eigenvalue weighted by Crippen LogP contribution is -2.47. The molecule has 5 N–H and O–H groups in total. The van der Waals surface area contributed by atoms with E-state index in [0.717, 1.165) is 10.2 Å². The van der Waals surface area contributed by atoms with Crippen molar-refractivity contribution in [1.82, 2.24) is 20.0 Å². The van der Waals surface area contributed by atoms with E-state index >= 15 is 0 Å². The predicted molar refractivity (Wildman–Crippen MR) is 152 cm³/mol. The summed E-state index contributed by atoms with van der Waals surface area (Å²) in [5.74, 6) is -1.39. The van der Waals surface area contributed by atoms with Gasteiger partial charge in [0.15, 0.2) is 5.75 Å². The first kappa shape index (κ1) is 29.0. The van der Waals surface area contributed by atoms with Gasteiger partial charge in [0.1, 0.15) is 17.4 Å². The molecule has 3 rings (SSSR count). The first-order valence-corrected chi connectivity index (χ1v) is 12.7. The van der Waals surface area contributed by atoms with Gasteiger partial charge in [-0.15, -0.1) is 0 Å². The fourth-order valence-electron chi connectivity index (χ4n) is 3.97. The van der Waals surface area contributed by atoms with Crippen molar-refractivity contribution in [2.75, 3.05) is 24.7 Å². The lowest BCUT2D eigenvalue weighted by Gasteiger charge is -2.25. The van der Waals surface area contributed by atoms with Gasteiger partial charge >= 0.3 is 0 Å². The Morgan fingerprint density at radius 2 is 1.64 bits per heavy atom. The van der Waals surface area contributed by atoms with Crippen LogP contribution in [0.1, 0.15) is 43.6 Å². The van der Waals surface area contributed by atoms with Crippen molar-refractivity contribution in [1.29, 1.82) is 0 Å². The third kappa shape index (κ3) is 6.86. The standard InChI is InChI=1S/C28H36N6O5/c1-16(2)21(25(36)29-17(3)4)31-22-23(30-20-14-10-13-19(24(20)35)27(38)33(5)6)28(39)34(32-26(22)37)15-18-11-8-7-9-12-18/h7-14,16-17,21,30-31,35H,15H2,1-6H3,(H,29,36)(H,32,37)/t21-/m1/s1. The topological polar surface area (TPSA) is 149 Å². The van der Waals surface area contributed by atoms with Crippen LogP contribution < -0.4 is 27.1 Å². The normalized spacial score (nSPS) is 11.8. The molecule has 11 nitrogen and oxygen atoms in total. The van der Waals surface area contributed by atoms with Crippen molar-refractivity contribution in [3.05, 3.63) is 80.4 Å². The molecule has 11 heteroatoms. The number of carbonyl (C=O) groups is 2. The van der Waals surface area contributed by atoms with E-state index in [1.807, 2.05) is 58.0 Å². The molecule has 2 aromatic carbocycles. The molecular weight excluding hydrogens is 500 g/mol. The second kappa shape index (κ2) is 12.3. The molecule has 0 aliphatic carbocycles. The monoisotopic (exact) mass is 536 g/mol. The molecule has 0 unspecified atom stereocenters. The molecule has 208 valence electrons. The van der Waals surface area contributed by atoms with Crippen molar-refractivity contribution in [3.8, 4) is 5.75 Å². The third-order valence-electron chi connectivity index (χ3n) is 5.97. The quantitative estimate of drug-likeness (QED) is 0.250. The molecule has 0 saturated carbocycles. The number of benzene rings is 2. The van der Waals surface area contributed by atoms with E-state index in [4.69, 9.17) is 0 Å². The average molecular weight is 537 g/mol. The molecule has 0 bridgehead atoms. The van der Waals surface area contributed by atoms with Gasteiger partial charge < -0.3 is 26.0 Å². The summed E-state index contributed by atoms with van der Waals surface area (Å²) in [5.41, 5.74) is -0.738. The highest BCUT2D eigenvalue weighted by molar-refractivity contribution is 5.99. The van der Waals surface area contributed by atoms with E-state index in [9.17, 15) is 24.3 Å². The lowest BCUT2D eigenvalue weighted by atomic mass is 10.0. The molecule has 0 radical (unpaired) electrons. The highest BCUT2D eigenvalue weighted by Crippen LogP contribution is 2.31. The van der Waals surface area contributed by atoms with Crippen LogP contribution >= 0.6 is 0 Å². The van der Waals surface area contributed by atoms with Crippen LogP contribution in [0.4, 0.5) is 17.1 Å². The number of aromatic hydroxyl groups is 1. The molecule has 0 aliphatic rings. The summed E-state index contributed by atoms with van der Waals surface area (Å²) in [7, 11) is 3.11. The third-order valence-corrected chi connectivity index (χ3v) is 5.97. The number of rotatable bonds is 10. The molecule has 1 heterocycles. The SMILES string of the molecule is CC(C)NC(=O)[C@H](Nc1c(Nc2cccc(C(=O)N(C)C)c2O)c(=O)n(Cc2ccccc2)[nH]c1=O)C(C)C. The molecule has 39 heavy (non-hydrogen) atoms. The number of hydrogen-bond donors (Lipinski definition) is 5. The number of anilines is 3. The van der Waals surface area contributed by atoms with E-state index in [0.29, 0.717) is 0 Å². The van der Waals surface area contributed by atoms with Crippen molar-refractivity contribution < 1.29 is 14.7 Å². The fourth-order valence-corrected chi connectivity index (χ4v) is 3.97. The molecule has 0 fully saturated rings. The van der Waals surface area contributed by atoms with E-state index in [1.54, 1.807) is 20.2 Å². The highest BCUT2D eigenvalue weighted by Gasteiger charge is 2.27. The summed E-state index contributed by atoms with van der Waals surface area (Å²) in [4.78, 5) is 53.9. The number of hydrogen-bond acceptors (Lipinski definition) is 7. The Balaban J connectivity index is 2.17. The smallest absolute Gasteiger partial charge is 0.291 e. The van der Waals surface area contributed by atoms with Gasteiger partial charge in [-0.25, -0.2) is 4.68 Å². The fraction of sp³-hybridized carbons (Fsp3) is 0.357. The summed E-state index contributed by atoms with van der Waals surface area (Å²) in [6.07, 6.45) is 0. The zero-order valence-corrected chi connectivity index (χ0v) is 23.0. The lowest BCUT2D eigenvalue weighted by molar-refractivity contribution is -0.123. The van der Waals surface area contributed by atoms with Gasteiger partial charge in [-0.3, -0.25) is 24.3 Å². The van der Waals surface area contributed by atoms with Crippen LogP contribution in [0.5, 0.6) is 5.75 Å². The molecule has 2 amide bonds. The van der Waals surface area contributed by atoms with Crippen LogP contribution in [0, 0.1) is 5.92 Å². The number of phenolic OH excluding ortho intramolecular Hbond substituents is 1. The van der Waals surface area contributed by atoms with Crippen LogP contribution in [0.15, 0.2) is 58.1 Å². The number of nitrogens with zero attached hydrogens (tertiary/aromatic N) is 2. The number of phenols is 1. The van der Waals surface area contributed by atoms with Crippen LogP contribution in [-0.2, 0) is 11.3 Å². The summed E-state index contributed by atoms with van der Waals surface area (Å²) < 4.78 is 1.15. The molecule has 0 spiro atoms. The van der Waals surface area contributed by atoms with Gasteiger partial charge in [0.05, 0.1) is 17.8 Å². The number of H-pyrrole nitrogens is 1. The Morgan fingerprint density at radius 3 is 2.23 bits per heavy atom. The Kier molecular flexibility index (Phi) is 9.18. The van der Waals surface area contributed by atoms with E-state index in [1.165, 1.54) is 17.0 Å². The number of amides is 2. The zero-order valence-electron chi connectivity index (χ0n) is 23.0. The molecule has 0 aliphatic heterocycles. The number of aromatic amines is 1. The van der Waals surface area contributed by atoms with Gasteiger partial charge in [0, 0.05) is 20.1 Å². The maximum Gasteiger partial charge on any atom is 0.291 e. The van der Waals surface area contributed by atoms with E-state index in [-0.39, 0.29) is 52.8 Å². The Bertz CT molecular complexity index is 1440. The number of para-hydroxylation sites is 1. The molecule has 3 aromatic rings. The zero-order chi connectivity index (χ0) is 28.9. The van der Waals surface area contributed by atoms with Gasteiger partial charge in [-0.2, -0.15) is 0 Å². The minimum absolute atomic E-state index is 0.0188. The number of aromatic nitrogens is 2. The Hall–Kier alpha value is -4.54. The Labute approximate surface area is 226 Å².